The van der Waals surface area contributed by atoms with Crippen molar-refractivity contribution < 1.29 is 0 Å². The molecule has 0 saturated carbocycles. The van der Waals surface area contributed by atoms with Gasteiger partial charge in [-0.25, -0.2) is 0 Å². The van der Waals surface area contributed by atoms with Crippen molar-refractivity contribution in [1.29, 1.82) is 0 Å². The summed E-state index contributed by atoms with van der Waals surface area (Å²) in [6, 6.07) is 10.7. The Kier molecular flexibility index (Phi) is 6.22. The molecule has 94 valence electrons. The van der Waals surface area contributed by atoms with E-state index >= 15 is 0 Å². The summed E-state index contributed by atoms with van der Waals surface area (Å²) >= 11 is 0. The third-order valence-corrected chi connectivity index (χ3v) is 4.92. The average Bonchev–Trinajstić information content (AvgIpc) is 2.35. The maximum Gasteiger partial charge on any atom is 0.00972 e. The SMILES string of the molecule is CCCCCCC#CS(C)(C)c1ccccc1. The maximum absolute atomic E-state index is 3.49. The van der Waals surface area contributed by atoms with Gasteiger partial charge in [-0.3, -0.25) is 0 Å². The third-order valence-electron chi connectivity index (χ3n) is 2.82. The lowest BCUT2D eigenvalue weighted by molar-refractivity contribution is 0.680. The summed E-state index contributed by atoms with van der Waals surface area (Å²) in [5.41, 5.74) is 0. The zero-order chi connectivity index (χ0) is 12.6. The summed E-state index contributed by atoms with van der Waals surface area (Å²) in [5, 5.41) is 3.49. The van der Waals surface area contributed by atoms with Gasteiger partial charge in [0.25, 0.3) is 0 Å². The van der Waals surface area contributed by atoms with E-state index in [9.17, 15) is 0 Å². The fourth-order valence-corrected chi connectivity index (χ4v) is 3.11. The molecule has 0 aliphatic carbocycles. The van der Waals surface area contributed by atoms with E-state index in [4.69, 9.17) is 0 Å². The molecule has 0 bridgehead atoms. The molecule has 0 atom stereocenters. The van der Waals surface area contributed by atoms with Gasteiger partial charge in [0.05, 0.1) is 0 Å². The first-order valence-corrected chi connectivity index (χ1v) is 8.90. The minimum atomic E-state index is -0.914. The Balaban J connectivity index is 2.47. The number of rotatable bonds is 5. The molecule has 0 saturated heterocycles. The zero-order valence-corrected chi connectivity index (χ0v) is 12.1. The van der Waals surface area contributed by atoms with Crippen LogP contribution < -0.4 is 0 Å². The monoisotopic (exact) mass is 248 g/mol. The van der Waals surface area contributed by atoms with Crippen molar-refractivity contribution >= 4 is 10.0 Å². The summed E-state index contributed by atoms with van der Waals surface area (Å²) < 4.78 is 0. The lowest BCUT2D eigenvalue weighted by atomic mass is 10.2. The molecule has 1 aromatic carbocycles. The van der Waals surface area contributed by atoms with E-state index in [0.29, 0.717) is 0 Å². The topological polar surface area (TPSA) is 0 Å². The van der Waals surface area contributed by atoms with Crippen LogP contribution in [0, 0.1) is 11.2 Å². The molecule has 1 heteroatoms. The van der Waals surface area contributed by atoms with Gasteiger partial charge in [0.1, 0.15) is 0 Å². The molecule has 0 N–H and O–H groups in total. The molecular formula is C16H24S. The molecule has 17 heavy (non-hydrogen) atoms. The smallest absolute Gasteiger partial charge is 0.00972 e. The molecule has 1 aromatic rings. The average molecular weight is 248 g/mol. The molecule has 0 fully saturated rings. The molecule has 1 rings (SSSR count). The van der Waals surface area contributed by atoms with E-state index in [1.807, 2.05) is 0 Å². The zero-order valence-electron chi connectivity index (χ0n) is 11.3. The lowest BCUT2D eigenvalue weighted by Crippen LogP contribution is -1.91. The van der Waals surface area contributed by atoms with Crippen LogP contribution in [0.1, 0.15) is 39.0 Å². The Hall–Kier alpha value is -0.870. The second-order valence-corrected chi connectivity index (χ2v) is 8.06. The first kappa shape index (κ1) is 14.2. The normalized spacial score (nSPS) is 11.7. The van der Waals surface area contributed by atoms with Gasteiger partial charge in [-0.05, 0) is 31.1 Å². The molecule has 0 radical (unpaired) electrons. The van der Waals surface area contributed by atoms with Crippen molar-refractivity contribution in [2.24, 2.45) is 0 Å². The molecule has 0 amide bonds. The Labute approximate surface area is 108 Å². The van der Waals surface area contributed by atoms with Crippen LogP contribution in [-0.2, 0) is 0 Å². The van der Waals surface area contributed by atoms with E-state index in [0.717, 1.165) is 6.42 Å². The van der Waals surface area contributed by atoms with E-state index in [1.165, 1.54) is 30.6 Å². The highest BCUT2D eigenvalue weighted by molar-refractivity contribution is 8.36. The van der Waals surface area contributed by atoms with Crippen LogP contribution in [0.4, 0.5) is 0 Å². The van der Waals surface area contributed by atoms with Gasteiger partial charge < -0.3 is 0 Å². The molecular weight excluding hydrogens is 224 g/mol. The second-order valence-electron chi connectivity index (χ2n) is 4.73. The van der Waals surface area contributed by atoms with Crippen molar-refractivity contribution in [3.05, 3.63) is 30.3 Å². The van der Waals surface area contributed by atoms with Gasteiger partial charge in [-0.1, -0.05) is 55.6 Å². The van der Waals surface area contributed by atoms with Crippen LogP contribution in [0.15, 0.2) is 35.2 Å². The quantitative estimate of drug-likeness (QED) is 0.506. The van der Waals surface area contributed by atoms with Crippen molar-refractivity contribution in [3.8, 4) is 11.2 Å². The van der Waals surface area contributed by atoms with E-state index in [1.54, 1.807) is 0 Å². The predicted octanol–water partition coefficient (Wildman–Crippen LogP) is 5.04. The Morgan fingerprint density at radius 2 is 1.71 bits per heavy atom. The van der Waals surface area contributed by atoms with E-state index in [2.05, 4.69) is 60.9 Å². The summed E-state index contributed by atoms with van der Waals surface area (Å²) in [7, 11) is -0.914. The first-order valence-electron chi connectivity index (χ1n) is 6.45. The van der Waals surface area contributed by atoms with E-state index < -0.39 is 10.0 Å². The van der Waals surface area contributed by atoms with Gasteiger partial charge in [-0.2, -0.15) is 10.0 Å². The van der Waals surface area contributed by atoms with Gasteiger partial charge >= 0.3 is 0 Å². The van der Waals surface area contributed by atoms with Crippen LogP contribution in [0.25, 0.3) is 0 Å². The molecule has 0 aromatic heterocycles. The highest BCUT2D eigenvalue weighted by Crippen LogP contribution is 2.47. The number of hydrogen-bond acceptors (Lipinski definition) is 0. The molecule has 0 nitrogen and oxygen atoms in total. The fraction of sp³-hybridized carbons (Fsp3) is 0.500. The van der Waals surface area contributed by atoms with Gasteiger partial charge in [0, 0.05) is 11.3 Å². The highest BCUT2D eigenvalue weighted by Gasteiger charge is 2.09. The van der Waals surface area contributed by atoms with Crippen LogP contribution >= 0.6 is 10.0 Å². The van der Waals surface area contributed by atoms with Crippen molar-refractivity contribution in [3.63, 3.8) is 0 Å². The Morgan fingerprint density at radius 3 is 2.35 bits per heavy atom. The minimum absolute atomic E-state index is 0.914. The van der Waals surface area contributed by atoms with Crippen LogP contribution in [0.2, 0.25) is 0 Å². The maximum atomic E-state index is 3.49. The molecule has 0 heterocycles. The highest BCUT2D eigenvalue weighted by atomic mass is 32.3. The van der Waals surface area contributed by atoms with Gasteiger partial charge in [0.2, 0.25) is 0 Å². The number of hydrogen-bond donors (Lipinski definition) is 0. The van der Waals surface area contributed by atoms with Gasteiger partial charge in [-0.15, -0.1) is 0 Å². The predicted molar refractivity (Wildman–Crippen MR) is 80.7 cm³/mol. The van der Waals surface area contributed by atoms with Crippen molar-refractivity contribution in [2.45, 2.75) is 43.9 Å². The van der Waals surface area contributed by atoms with Crippen LogP contribution in [0.5, 0.6) is 0 Å². The summed E-state index contributed by atoms with van der Waals surface area (Å²) in [4.78, 5) is 1.39. The molecule has 0 aliphatic rings. The van der Waals surface area contributed by atoms with Crippen molar-refractivity contribution in [1.82, 2.24) is 0 Å². The van der Waals surface area contributed by atoms with Crippen LogP contribution in [-0.4, -0.2) is 12.5 Å². The number of benzene rings is 1. The van der Waals surface area contributed by atoms with Gasteiger partial charge in [0.15, 0.2) is 0 Å². The minimum Gasteiger partial charge on any atom is -0.156 e. The summed E-state index contributed by atoms with van der Waals surface area (Å²) in [6.45, 7) is 2.24. The molecule has 0 unspecified atom stereocenters. The fourth-order valence-electron chi connectivity index (χ4n) is 1.69. The van der Waals surface area contributed by atoms with Crippen molar-refractivity contribution in [2.75, 3.05) is 12.5 Å². The third kappa shape index (κ3) is 5.33. The van der Waals surface area contributed by atoms with E-state index in [-0.39, 0.29) is 0 Å². The lowest BCUT2D eigenvalue weighted by Gasteiger charge is -2.24. The number of unbranched alkanes of at least 4 members (excludes halogenated alkanes) is 4. The molecule has 0 aliphatic heterocycles. The first-order chi connectivity index (χ1) is 8.17. The van der Waals surface area contributed by atoms with Crippen LogP contribution in [0.3, 0.4) is 0 Å². The summed E-state index contributed by atoms with van der Waals surface area (Å²) in [6.07, 6.45) is 10.8. The second kappa shape index (κ2) is 7.45. The molecule has 0 spiro atoms. The summed E-state index contributed by atoms with van der Waals surface area (Å²) in [5.74, 6) is 3.37. The Morgan fingerprint density at radius 1 is 1.00 bits per heavy atom. The standard InChI is InChI=1S/C16H24S/c1-4-5-6-7-8-12-15-17(2,3)16-13-10-9-11-14-16/h9-11,13-14H,4-8H2,1-3H3. The Bertz CT molecular complexity index is 368. The largest absolute Gasteiger partial charge is 0.156 e.